The SMILES string of the molecule is CC(C)(N)C(C)(C)C(=O)Nc1ccc(Cl)cc1Cl. The molecule has 1 rings (SSSR count). The van der Waals surface area contributed by atoms with Gasteiger partial charge in [-0.15, -0.1) is 0 Å². The van der Waals surface area contributed by atoms with E-state index < -0.39 is 11.0 Å². The lowest BCUT2D eigenvalue weighted by Gasteiger charge is -2.36. The quantitative estimate of drug-likeness (QED) is 0.891. The molecule has 0 spiro atoms. The van der Waals surface area contributed by atoms with Crippen LogP contribution in [0.4, 0.5) is 5.69 Å². The molecule has 0 aromatic heterocycles. The van der Waals surface area contributed by atoms with Crippen molar-refractivity contribution in [2.75, 3.05) is 5.32 Å². The first kappa shape index (κ1) is 15.3. The Morgan fingerprint density at radius 2 is 1.78 bits per heavy atom. The number of rotatable bonds is 3. The van der Waals surface area contributed by atoms with E-state index in [0.29, 0.717) is 15.7 Å². The number of nitrogens with two attached hydrogens (primary N) is 1. The zero-order valence-electron chi connectivity index (χ0n) is 11.0. The predicted molar refractivity (Wildman–Crippen MR) is 77.1 cm³/mol. The van der Waals surface area contributed by atoms with Crippen LogP contribution in [0.5, 0.6) is 0 Å². The Hall–Kier alpha value is -0.770. The maximum atomic E-state index is 12.2. The molecule has 0 heterocycles. The smallest absolute Gasteiger partial charge is 0.231 e. The predicted octanol–water partition coefficient (Wildman–Crippen LogP) is 3.70. The van der Waals surface area contributed by atoms with Crippen LogP contribution in [0.1, 0.15) is 27.7 Å². The lowest BCUT2D eigenvalue weighted by molar-refractivity contribution is -0.126. The molecule has 0 unspecified atom stereocenters. The highest BCUT2D eigenvalue weighted by atomic mass is 35.5. The van der Waals surface area contributed by atoms with Crippen molar-refractivity contribution in [3.8, 4) is 0 Å². The monoisotopic (exact) mass is 288 g/mol. The number of carbonyl (C=O) groups is 1. The minimum atomic E-state index is -0.726. The lowest BCUT2D eigenvalue weighted by atomic mass is 9.74. The van der Waals surface area contributed by atoms with Gasteiger partial charge in [0.25, 0.3) is 0 Å². The number of nitrogens with one attached hydrogen (secondary N) is 1. The number of anilines is 1. The average molecular weight is 289 g/mol. The normalized spacial score (nSPS) is 12.4. The summed E-state index contributed by atoms with van der Waals surface area (Å²) in [7, 11) is 0. The third-order valence-electron chi connectivity index (χ3n) is 3.36. The van der Waals surface area contributed by atoms with Gasteiger partial charge >= 0.3 is 0 Å². The van der Waals surface area contributed by atoms with Crippen LogP contribution in [0.2, 0.25) is 10.0 Å². The molecule has 3 N–H and O–H groups in total. The molecule has 1 aromatic rings. The minimum absolute atomic E-state index is 0.181. The van der Waals surface area contributed by atoms with E-state index in [0.717, 1.165) is 0 Å². The highest BCUT2D eigenvalue weighted by Crippen LogP contribution is 2.32. The molecule has 0 aliphatic carbocycles. The molecule has 18 heavy (non-hydrogen) atoms. The van der Waals surface area contributed by atoms with Crippen LogP contribution in [-0.4, -0.2) is 11.4 Å². The van der Waals surface area contributed by atoms with Crippen LogP contribution < -0.4 is 11.1 Å². The van der Waals surface area contributed by atoms with Gasteiger partial charge in [0.2, 0.25) is 5.91 Å². The van der Waals surface area contributed by atoms with Crippen molar-refractivity contribution in [2.24, 2.45) is 11.1 Å². The number of benzene rings is 1. The Labute approximate surface area is 118 Å². The molecular formula is C13H18Cl2N2O. The van der Waals surface area contributed by atoms with Crippen LogP contribution >= 0.6 is 23.2 Å². The van der Waals surface area contributed by atoms with Crippen molar-refractivity contribution < 1.29 is 4.79 Å². The van der Waals surface area contributed by atoms with Gasteiger partial charge in [-0.25, -0.2) is 0 Å². The number of hydrogen-bond donors (Lipinski definition) is 2. The largest absolute Gasteiger partial charge is 0.325 e. The second-order valence-corrected chi connectivity index (χ2v) is 6.27. The summed E-state index contributed by atoms with van der Waals surface area (Å²) < 4.78 is 0. The second-order valence-electron chi connectivity index (χ2n) is 5.42. The summed E-state index contributed by atoms with van der Waals surface area (Å²) in [5.74, 6) is -0.181. The lowest BCUT2D eigenvalue weighted by Crippen LogP contribution is -2.53. The van der Waals surface area contributed by atoms with Gasteiger partial charge in [-0.1, -0.05) is 23.2 Å². The Morgan fingerprint density at radius 3 is 2.22 bits per heavy atom. The van der Waals surface area contributed by atoms with E-state index >= 15 is 0 Å². The first-order valence-corrected chi connectivity index (χ1v) is 6.36. The summed E-state index contributed by atoms with van der Waals surface area (Å²) >= 11 is 11.8. The number of hydrogen-bond acceptors (Lipinski definition) is 2. The van der Waals surface area contributed by atoms with E-state index in [1.165, 1.54) is 0 Å². The van der Waals surface area contributed by atoms with Gasteiger partial charge in [-0.3, -0.25) is 4.79 Å². The fourth-order valence-electron chi connectivity index (χ4n) is 1.16. The molecule has 0 atom stereocenters. The molecule has 0 saturated heterocycles. The fraction of sp³-hybridized carbons (Fsp3) is 0.462. The third-order valence-corrected chi connectivity index (χ3v) is 3.91. The summed E-state index contributed by atoms with van der Waals surface area (Å²) in [5.41, 5.74) is 5.18. The summed E-state index contributed by atoms with van der Waals surface area (Å²) in [5, 5.41) is 3.70. The van der Waals surface area contributed by atoms with Gasteiger partial charge in [0.1, 0.15) is 0 Å². The average Bonchev–Trinajstić information content (AvgIpc) is 2.20. The summed E-state index contributed by atoms with van der Waals surface area (Å²) in [4.78, 5) is 12.2. The van der Waals surface area contributed by atoms with Crippen LogP contribution in [-0.2, 0) is 4.79 Å². The van der Waals surface area contributed by atoms with Crippen LogP contribution in [0, 0.1) is 5.41 Å². The first-order valence-electron chi connectivity index (χ1n) is 5.61. The maximum Gasteiger partial charge on any atom is 0.231 e. The Balaban J connectivity index is 2.95. The second kappa shape index (κ2) is 5.08. The Morgan fingerprint density at radius 1 is 1.22 bits per heavy atom. The molecule has 0 saturated carbocycles. The topological polar surface area (TPSA) is 55.1 Å². The summed E-state index contributed by atoms with van der Waals surface area (Å²) in [6.45, 7) is 7.23. The van der Waals surface area contributed by atoms with Crippen LogP contribution in [0.25, 0.3) is 0 Å². The van der Waals surface area contributed by atoms with Gasteiger partial charge in [0.05, 0.1) is 16.1 Å². The van der Waals surface area contributed by atoms with Gasteiger partial charge in [-0.05, 0) is 45.9 Å². The van der Waals surface area contributed by atoms with Crippen LogP contribution in [0.3, 0.4) is 0 Å². The van der Waals surface area contributed by atoms with Crippen molar-refractivity contribution in [1.82, 2.24) is 0 Å². The molecule has 0 bridgehead atoms. The number of halogens is 2. The highest BCUT2D eigenvalue weighted by molar-refractivity contribution is 6.36. The minimum Gasteiger partial charge on any atom is -0.325 e. The first-order chi connectivity index (χ1) is 8.05. The van der Waals surface area contributed by atoms with Gasteiger partial charge in [-0.2, -0.15) is 0 Å². The van der Waals surface area contributed by atoms with Gasteiger partial charge in [0.15, 0.2) is 0 Å². The molecule has 0 aliphatic rings. The fourth-order valence-corrected chi connectivity index (χ4v) is 1.62. The third kappa shape index (κ3) is 3.16. The molecule has 0 radical (unpaired) electrons. The van der Waals surface area contributed by atoms with E-state index in [4.69, 9.17) is 28.9 Å². The zero-order valence-corrected chi connectivity index (χ0v) is 12.5. The zero-order chi connectivity index (χ0) is 14.1. The van der Waals surface area contributed by atoms with E-state index in [1.54, 1.807) is 32.0 Å². The molecule has 3 nitrogen and oxygen atoms in total. The molecular weight excluding hydrogens is 271 g/mol. The molecule has 1 aromatic carbocycles. The van der Waals surface area contributed by atoms with Gasteiger partial charge in [0, 0.05) is 10.6 Å². The van der Waals surface area contributed by atoms with Crippen molar-refractivity contribution in [3.05, 3.63) is 28.2 Å². The maximum absolute atomic E-state index is 12.2. The van der Waals surface area contributed by atoms with Crippen LogP contribution in [0.15, 0.2) is 18.2 Å². The molecule has 0 fully saturated rings. The van der Waals surface area contributed by atoms with Gasteiger partial charge < -0.3 is 11.1 Å². The molecule has 5 heteroatoms. The number of carbonyl (C=O) groups excluding carboxylic acids is 1. The molecule has 100 valence electrons. The van der Waals surface area contributed by atoms with Crippen molar-refractivity contribution in [2.45, 2.75) is 33.2 Å². The highest BCUT2D eigenvalue weighted by Gasteiger charge is 2.40. The van der Waals surface area contributed by atoms with Crippen molar-refractivity contribution >= 4 is 34.8 Å². The van der Waals surface area contributed by atoms with E-state index in [-0.39, 0.29) is 5.91 Å². The van der Waals surface area contributed by atoms with E-state index in [2.05, 4.69) is 5.32 Å². The number of amides is 1. The molecule has 1 amide bonds. The van der Waals surface area contributed by atoms with Crippen molar-refractivity contribution in [3.63, 3.8) is 0 Å². The standard InChI is InChI=1S/C13H18Cl2N2O/c1-12(2,13(3,4)16)11(18)17-10-6-5-8(14)7-9(10)15/h5-7H,16H2,1-4H3,(H,17,18). The Bertz CT molecular complexity index is 465. The van der Waals surface area contributed by atoms with E-state index in [1.807, 2.05) is 13.8 Å². The summed E-state index contributed by atoms with van der Waals surface area (Å²) in [6, 6.07) is 4.92. The Kier molecular flexibility index (Phi) is 4.31. The molecule has 0 aliphatic heterocycles. The van der Waals surface area contributed by atoms with Crippen molar-refractivity contribution in [1.29, 1.82) is 0 Å². The summed E-state index contributed by atoms with van der Waals surface area (Å²) in [6.07, 6.45) is 0. The van der Waals surface area contributed by atoms with E-state index in [9.17, 15) is 4.79 Å².